The number of piperidine rings is 1. The van der Waals surface area contributed by atoms with E-state index >= 15 is 0 Å². The quantitative estimate of drug-likeness (QED) is 0.831. The fourth-order valence-corrected chi connectivity index (χ4v) is 5.34. The molecule has 1 aromatic heterocycles. The molecule has 0 amide bonds. The van der Waals surface area contributed by atoms with Crippen molar-refractivity contribution in [3.05, 3.63) is 16.5 Å². The lowest BCUT2D eigenvalue weighted by Crippen LogP contribution is -2.47. The van der Waals surface area contributed by atoms with Crippen LogP contribution in [0.3, 0.4) is 0 Å². The van der Waals surface area contributed by atoms with E-state index in [1.807, 2.05) is 13.8 Å². The second-order valence-corrected chi connectivity index (χ2v) is 9.06. The van der Waals surface area contributed by atoms with Gasteiger partial charge in [-0.2, -0.15) is 0 Å². The lowest BCUT2D eigenvalue weighted by atomic mass is 9.80. The number of nitrogens with one attached hydrogen (secondary N) is 2. The van der Waals surface area contributed by atoms with Crippen molar-refractivity contribution in [2.45, 2.75) is 30.9 Å². The van der Waals surface area contributed by atoms with Crippen LogP contribution in [0.1, 0.15) is 23.3 Å². The average molecular weight is 332 g/mol. The molecule has 0 bridgehead atoms. The zero-order valence-electron chi connectivity index (χ0n) is 12.9. The van der Waals surface area contributed by atoms with E-state index in [9.17, 15) is 8.42 Å². The summed E-state index contributed by atoms with van der Waals surface area (Å²) >= 11 is 1.33. The van der Waals surface area contributed by atoms with Gasteiger partial charge < -0.3 is 10.1 Å². The molecule has 1 aromatic rings. The number of rotatable bonds is 6. The lowest BCUT2D eigenvalue weighted by molar-refractivity contribution is 0.0577. The number of aryl methyl sites for hydroxylation is 2. The highest BCUT2D eigenvalue weighted by Crippen LogP contribution is 2.30. The molecule has 5 nitrogen and oxygen atoms in total. The van der Waals surface area contributed by atoms with Gasteiger partial charge in [0.05, 0.1) is 6.61 Å². The average Bonchev–Trinajstić information content (AvgIpc) is 2.79. The summed E-state index contributed by atoms with van der Waals surface area (Å²) in [6.07, 6.45) is 1.84. The molecule has 0 saturated carbocycles. The van der Waals surface area contributed by atoms with E-state index in [2.05, 4.69) is 10.0 Å². The smallest absolute Gasteiger partial charge is 0.250 e. The maximum atomic E-state index is 12.4. The molecule has 2 heterocycles. The Morgan fingerprint density at radius 3 is 2.57 bits per heavy atom. The van der Waals surface area contributed by atoms with Gasteiger partial charge in [-0.05, 0) is 51.4 Å². The minimum atomic E-state index is -3.43. The third-order valence-corrected chi connectivity index (χ3v) is 7.19. The van der Waals surface area contributed by atoms with Gasteiger partial charge in [-0.3, -0.25) is 0 Å². The molecule has 0 spiro atoms. The SMILES string of the molecule is COCC1(CNS(=O)(=O)c2cc(C)c(C)s2)CCNCC1. The van der Waals surface area contributed by atoms with Crippen molar-refractivity contribution in [2.24, 2.45) is 5.41 Å². The van der Waals surface area contributed by atoms with Crippen LogP contribution in [0.25, 0.3) is 0 Å². The van der Waals surface area contributed by atoms with Crippen molar-refractivity contribution in [1.82, 2.24) is 10.0 Å². The molecule has 120 valence electrons. The van der Waals surface area contributed by atoms with E-state index in [0.29, 0.717) is 17.4 Å². The standard InChI is InChI=1S/C14H24N2O3S2/c1-11-8-13(20-12(11)2)21(17,18)16-9-14(10-19-3)4-6-15-7-5-14/h8,15-16H,4-7,9-10H2,1-3H3. The predicted octanol–water partition coefficient (Wildman–Crippen LogP) is 1.66. The first kappa shape index (κ1) is 16.9. The first-order valence-electron chi connectivity index (χ1n) is 7.15. The van der Waals surface area contributed by atoms with E-state index in [0.717, 1.165) is 36.4 Å². The third-order valence-electron chi connectivity index (χ3n) is 4.16. The van der Waals surface area contributed by atoms with E-state index in [1.54, 1.807) is 13.2 Å². The molecule has 2 N–H and O–H groups in total. The molecule has 1 aliphatic heterocycles. The number of hydrogen-bond acceptors (Lipinski definition) is 5. The van der Waals surface area contributed by atoms with Crippen molar-refractivity contribution in [3.63, 3.8) is 0 Å². The molecular formula is C14H24N2O3S2. The van der Waals surface area contributed by atoms with Gasteiger partial charge in [0.1, 0.15) is 4.21 Å². The highest BCUT2D eigenvalue weighted by atomic mass is 32.2. The van der Waals surface area contributed by atoms with Gasteiger partial charge in [0.15, 0.2) is 0 Å². The van der Waals surface area contributed by atoms with Gasteiger partial charge in [0.25, 0.3) is 0 Å². The third kappa shape index (κ3) is 4.04. The predicted molar refractivity (Wildman–Crippen MR) is 85.4 cm³/mol. The molecule has 0 aliphatic carbocycles. The highest BCUT2D eigenvalue weighted by Gasteiger charge is 2.33. The second-order valence-electron chi connectivity index (χ2n) is 5.81. The minimum Gasteiger partial charge on any atom is -0.384 e. The van der Waals surface area contributed by atoms with Gasteiger partial charge >= 0.3 is 0 Å². The highest BCUT2D eigenvalue weighted by molar-refractivity contribution is 7.91. The van der Waals surface area contributed by atoms with Crippen LogP contribution < -0.4 is 10.0 Å². The van der Waals surface area contributed by atoms with Gasteiger partial charge in [0, 0.05) is 23.9 Å². The van der Waals surface area contributed by atoms with E-state index in [1.165, 1.54) is 11.3 Å². The summed E-state index contributed by atoms with van der Waals surface area (Å²) in [5.74, 6) is 0. The summed E-state index contributed by atoms with van der Waals surface area (Å²) in [7, 11) is -1.75. The minimum absolute atomic E-state index is 0.103. The Labute approximate surface area is 131 Å². The molecule has 21 heavy (non-hydrogen) atoms. The van der Waals surface area contributed by atoms with Crippen LogP contribution in [0.15, 0.2) is 10.3 Å². The van der Waals surface area contributed by atoms with Crippen molar-refractivity contribution < 1.29 is 13.2 Å². The molecule has 7 heteroatoms. The monoisotopic (exact) mass is 332 g/mol. The van der Waals surface area contributed by atoms with Gasteiger partial charge in [-0.25, -0.2) is 13.1 Å². The van der Waals surface area contributed by atoms with Crippen LogP contribution in [0.2, 0.25) is 0 Å². The Morgan fingerprint density at radius 2 is 2.05 bits per heavy atom. The summed E-state index contributed by atoms with van der Waals surface area (Å²) in [5, 5.41) is 3.31. The summed E-state index contributed by atoms with van der Waals surface area (Å²) in [4.78, 5) is 1.05. The topological polar surface area (TPSA) is 67.4 Å². The van der Waals surface area contributed by atoms with Gasteiger partial charge in [0.2, 0.25) is 10.0 Å². The van der Waals surface area contributed by atoms with Crippen molar-refractivity contribution >= 4 is 21.4 Å². The summed E-state index contributed by atoms with van der Waals surface area (Å²) in [6, 6.07) is 1.74. The van der Waals surface area contributed by atoms with Crippen LogP contribution in [0, 0.1) is 19.3 Å². The molecule has 2 rings (SSSR count). The largest absolute Gasteiger partial charge is 0.384 e. The maximum Gasteiger partial charge on any atom is 0.250 e. The Balaban J connectivity index is 2.09. The number of ether oxygens (including phenoxy) is 1. The van der Waals surface area contributed by atoms with Gasteiger partial charge in [-0.1, -0.05) is 0 Å². The zero-order chi connectivity index (χ0) is 15.5. The zero-order valence-corrected chi connectivity index (χ0v) is 14.5. The number of hydrogen-bond donors (Lipinski definition) is 2. The Bertz CT molecular complexity index is 550. The fraction of sp³-hybridized carbons (Fsp3) is 0.714. The molecule has 1 aliphatic rings. The van der Waals surface area contributed by atoms with E-state index in [4.69, 9.17) is 4.74 Å². The summed E-state index contributed by atoms with van der Waals surface area (Å²) in [5.41, 5.74) is 0.919. The van der Waals surface area contributed by atoms with E-state index < -0.39 is 10.0 Å². The second kappa shape index (κ2) is 6.75. The van der Waals surface area contributed by atoms with Crippen molar-refractivity contribution in [1.29, 1.82) is 0 Å². The Morgan fingerprint density at radius 1 is 1.38 bits per heavy atom. The maximum absolute atomic E-state index is 12.4. The summed E-state index contributed by atoms with van der Waals surface area (Å²) < 4.78 is 33.4. The van der Waals surface area contributed by atoms with E-state index in [-0.39, 0.29) is 5.41 Å². The van der Waals surface area contributed by atoms with Crippen LogP contribution in [0.5, 0.6) is 0 Å². The first-order valence-corrected chi connectivity index (χ1v) is 9.45. The van der Waals surface area contributed by atoms with Crippen LogP contribution in [-0.2, 0) is 14.8 Å². The lowest BCUT2D eigenvalue weighted by Gasteiger charge is -2.37. The molecule has 1 fully saturated rings. The number of sulfonamides is 1. The van der Waals surface area contributed by atoms with Crippen LogP contribution >= 0.6 is 11.3 Å². The molecule has 0 unspecified atom stereocenters. The molecule has 0 aromatic carbocycles. The van der Waals surface area contributed by atoms with Crippen molar-refractivity contribution in [3.8, 4) is 0 Å². The molecule has 1 saturated heterocycles. The first-order chi connectivity index (χ1) is 9.88. The Kier molecular flexibility index (Phi) is 5.43. The normalized spacial score (nSPS) is 18.8. The molecule has 0 atom stereocenters. The number of methoxy groups -OCH3 is 1. The molecule has 0 radical (unpaired) electrons. The number of thiophene rings is 1. The molecular weight excluding hydrogens is 308 g/mol. The van der Waals surface area contributed by atoms with Crippen LogP contribution in [0.4, 0.5) is 0 Å². The summed E-state index contributed by atoms with van der Waals surface area (Å²) in [6.45, 7) is 6.70. The fourth-order valence-electron chi connectivity index (χ4n) is 2.63. The van der Waals surface area contributed by atoms with Crippen molar-refractivity contribution in [2.75, 3.05) is 33.4 Å². The van der Waals surface area contributed by atoms with Gasteiger partial charge in [-0.15, -0.1) is 11.3 Å². The van der Waals surface area contributed by atoms with Crippen LogP contribution in [-0.4, -0.2) is 41.8 Å². The Hall–Kier alpha value is -0.470.